The molecule has 0 saturated carbocycles. The highest BCUT2D eigenvalue weighted by Gasteiger charge is 2.15. The van der Waals surface area contributed by atoms with E-state index in [1.165, 1.54) is 12.5 Å². The predicted molar refractivity (Wildman–Crippen MR) is 53.8 cm³/mol. The van der Waals surface area contributed by atoms with Gasteiger partial charge in [0.1, 0.15) is 6.20 Å². The molecule has 88 valence electrons. The van der Waals surface area contributed by atoms with E-state index >= 15 is 0 Å². The van der Waals surface area contributed by atoms with Gasteiger partial charge in [0.2, 0.25) is 6.33 Å². The highest BCUT2D eigenvalue weighted by Crippen LogP contribution is 2.11. The van der Waals surface area contributed by atoms with Crippen LogP contribution < -0.4 is 0 Å². The molecule has 0 atom stereocenters. The lowest BCUT2D eigenvalue weighted by Gasteiger charge is -2.22. The first-order valence-corrected chi connectivity index (χ1v) is 5.15. The van der Waals surface area contributed by atoms with Gasteiger partial charge < -0.3 is 24.2 Å². The van der Waals surface area contributed by atoms with Crippen molar-refractivity contribution in [3.05, 3.63) is 22.6 Å². The van der Waals surface area contributed by atoms with Crippen LogP contribution in [0.4, 0.5) is 5.82 Å². The number of hydrogen-bond donors (Lipinski definition) is 0. The van der Waals surface area contributed by atoms with Gasteiger partial charge in [-0.25, -0.2) is 0 Å². The van der Waals surface area contributed by atoms with E-state index in [2.05, 4.69) is 4.98 Å². The first kappa shape index (κ1) is 11.0. The molecule has 7 nitrogen and oxygen atoms in total. The van der Waals surface area contributed by atoms with Gasteiger partial charge in [0, 0.05) is 13.0 Å². The maximum absolute atomic E-state index is 10.4. The topological polar surface area (TPSA) is 79.4 Å². The van der Waals surface area contributed by atoms with Crippen molar-refractivity contribution in [2.24, 2.45) is 0 Å². The summed E-state index contributed by atoms with van der Waals surface area (Å²) < 4.78 is 12.4. The van der Waals surface area contributed by atoms with Crippen molar-refractivity contribution in [3.8, 4) is 0 Å². The number of ether oxygens (including phenoxy) is 2. The normalized spacial score (nSPS) is 17.5. The second-order valence-corrected chi connectivity index (χ2v) is 3.54. The van der Waals surface area contributed by atoms with Crippen LogP contribution in [-0.2, 0) is 16.0 Å². The minimum atomic E-state index is -0.510. The van der Waals surface area contributed by atoms with E-state index in [-0.39, 0.29) is 12.1 Å². The predicted octanol–water partition coefficient (Wildman–Crippen LogP) is 0.944. The van der Waals surface area contributed by atoms with E-state index in [4.69, 9.17) is 9.47 Å². The quantitative estimate of drug-likeness (QED) is 0.565. The zero-order chi connectivity index (χ0) is 11.4. The summed E-state index contributed by atoms with van der Waals surface area (Å²) in [6, 6.07) is 0. The lowest BCUT2D eigenvalue weighted by molar-refractivity contribution is -0.389. The third-order valence-corrected chi connectivity index (χ3v) is 2.33. The number of rotatable bonds is 4. The molecule has 1 aliphatic rings. The molecule has 0 radical (unpaired) electrons. The van der Waals surface area contributed by atoms with Crippen molar-refractivity contribution in [1.82, 2.24) is 9.55 Å². The Morgan fingerprint density at radius 1 is 1.56 bits per heavy atom. The summed E-state index contributed by atoms with van der Waals surface area (Å²) in [5, 5.41) is 10.4. The van der Waals surface area contributed by atoms with Gasteiger partial charge in [-0.2, -0.15) is 0 Å². The van der Waals surface area contributed by atoms with Crippen molar-refractivity contribution in [2.45, 2.75) is 25.7 Å². The first-order chi connectivity index (χ1) is 7.75. The van der Waals surface area contributed by atoms with Crippen LogP contribution >= 0.6 is 0 Å². The van der Waals surface area contributed by atoms with Crippen molar-refractivity contribution in [3.63, 3.8) is 0 Å². The van der Waals surface area contributed by atoms with Crippen LogP contribution in [0.25, 0.3) is 0 Å². The van der Waals surface area contributed by atoms with E-state index in [0.717, 1.165) is 19.6 Å². The molecule has 1 fully saturated rings. The zero-order valence-electron chi connectivity index (χ0n) is 8.74. The lowest BCUT2D eigenvalue weighted by Crippen LogP contribution is -2.25. The summed E-state index contributed by atoms with van der Waals surface area (Å²) in [5.74, 6) is -0.134. The van der Waals surface area contributed by atoms with Crippen LogP contribution in [0.5, 0.6) is 0 Å². The fourth-order valence-corrected chi connectivity index (χ4v) is 1.52. The number of nitrogens with zero attached hydrogens (tertiary/aromatic N) is 3. The molecule has 1 aliphatic heterocycles. The molecule has 2 rings (SSSR count). The molecule has 1 saturated heterocycles. The Hall–Kier alpha value is -1.47. The SMILES string of the molecule is O=[N+]([O-])c1cn(CCC2OCCCO2)cn1. The molecule has 2 heterocycles. The second-order valence-electron chi connectivity index (χ2n) is 3.54. The molecular weight excluding hydrogens is 214 g/mol. The largest absolute Gasteiger partial charge is 0.381 e. The third-order valence-electron chi connectivity index (χ3n) is 2.33. The Kier molecular flexibility index (Phi) is 3.47. The van der Waals surface area contributed by atoms with Gasteiger partial charge in [0.05, 0.1) is 13.2 Å². The van der Waals surface area contributed by atoms with Crippen LogP contribution in [0, 0.1) is 10.1 Å². The van der Waals surface area contributed by atoms with E-state index in [0.29, 0.717) is 13.0 Å². The molecule has 16 heavy (non-hydrogen) atoms. The standard InChI is InChI=1S/C9H13N3O4/c13-12(14)8-6-11(7-10-8)3-2-9-15-4-1-5-16-9/h6-7,9H,1-5H2. The monoisotopic (exact) mass is 227 g/mol. The molecule has 0 unspecified atom stereocenters. The molecule has 0 spiro atoms. The summed E-state index contributed by atoms with van der Waals surface area (Å²) in [7, 11) is 0. The molecule has 0 amide bonds. The molecule has 0 aliphatic carbocycles. The minimum absolute atomic E-state index is 0.134. The fourth-order valence-electron chi connectivity index (χ4n) is 1.52. The number of aromatic nitrogens is 2. The van der Waals surface area contributed by atoms with Crippen LogP contribution in [0.1, 0.15) is 12.8 Å². The van der Waals surface area contributed by atoms with Crippen molar-refractivity contribution >= 4 is 5.82 Å². The third kappa shape index (κ3) is 2.77. The van der Waals surface area contributed by atoms with Gasteiger partial charge in [0.25, 0.3) is 0 Å². The van der Waals surface area contributed by atoms with Gasteiger partial charge in [0.15, 0.2) is 6.29 Å². The Balaban J connectivity index is 1.81. The molecule has 0 N–H and O–H groups in total. The van der Waals surface area contributed by atoms with Gasteiger partial charge in [-0.05, 0) is 16.3 Å². The van der Waals surface area contributed by atoms with Gasteiger partial charge in [-0.15, -0.1) is 0 Å². The van der Waals surface area contributed by atoms with Crippen molar-refractivity contribution in [2.75, 3.05) is 13.2 Å². The number of nitro groups is 1. The summed E-state index contributed by atoms with van der Waals surface area (Å²) in [6.45, 7) is 2.04. The average molecular weight is 227 g/mol. The Labute approximate surface area is 92.1 Å². The van der Waals surface area contributed by atoms with Crippen LogP contribution in [0.2, 0.25) is 0 Å². The first-order valence-electron chi connectivity index (χ1n) is 5.15. The molecular formula is C9H13N3O4. The van der Waals surface area contributed by atoms with Crippen LogP contribution in [0.15, 0.2) is 12.5 Å². The Bertz CT molecular complexity index is 359. The molecule has 7 heteroatoms. The number of hydrogen-bond acceptors (Lipinski definition) is 5. The average Bonchev–Trinajstić information content (AvgIpc) is 2.76. The molecule has 0 bridgehead atoms. The van der Waals surface area contributed by atoms with Crippen molar-refractivity contribution < 1.29 is 14.4 Å². The minimum Gasteiger partial charge on any atom is -0.358 e. The maximum atomic E-state index is 10.4. The van der Waals surface area contributed by atoms with Gasteiger partial charge >= 0.3 is 5.82 Å². The zero-order valence-corrected chi connectivity index (χ0v) is 8.74. The van der Waals surface area contributed by atoms with Gasteiger partial charge in [-0.3, -0.25) is 0 Å². The summed E-state index contributed by atoms with van der Waals surface area (Å²) in [4.78, 5) is 13.6. The highest BCUT2D eigenvalue weighted by molar-refractivity contribution is 5.12. The maximum Gasteiger partial charge on any atom is 0.381 e. The summed E-state index contributed by atoms with van der Waals surface area (Å²) >= 11 is 0. The smallest absolute Gasteiger partial charge is 0.358 e. The van der Waals surface area contributed by atoms with E-state index in [9.17, 15) is 10.1 Å². The summed E-state index contributed by atoms with van der Waals surface area (Å²) in [6.07, 6.45) is 4.25. The number of aryl methyl sites for hydroxylation is 1. The highest BCUT2D eigenvalue weighted by atomic mass is 16.7. The van der Waals surface area contributed by atoms with Crippen molar-refractivity contribution in [1.29, 1.82) is 0 Å². The lowest BCUT2D eigenvalue weighted by atomic mass is 10.3. The van der Waals surface area contributed by atoms with E-state index < -0.39 is 4.92 Å². The Morgan fingerprint density at radius 3 is 2.94 bits per heavy atom. The Morgan fingerprint density at radius 2 is 2.31 bits per heavy atom. The fraction of sp³-hybridized carbons (Fsp3) is 0.667. The van der Waals surface area contributed by atoms with Crippen LogP contribution in [-0.4, -0.2) is 34.0 Å². The summed E-state index contributed by atoms with van der Waals surface area (Å²) in [5.41, 5.74) is 0. The number of imidazole rings is 1. The molecule has 1 aromatic heterocycles. The van der Waals surface area contributed by atoms with E-state index in [1.54, 1.807) is 4.57 Å². The second kappa shape index (κ2) is 5.04. The molecule has 1 aromatic rings. The molecule has 0 aromatic carbocycles. The van der Waals surface area contributed by atoms with Crippen LogP contribution in [0.3, 0.4) is 0 Å². The van der Waals surface area contributed by atoms with Gasteiger partial charge in [-0.1, -0.05) is 0 Å². The van der Waals surface area contributed by atoms with E-state index in [1.807, 2.05) is 0 Å².